The number of nitrogens with one attached hydrogen (secondary N) is 1. The summed E-state index contributed by atoms with van der Waals surface area (Å²) in [6, 6.07) is 8.45. The average molecular weight is 488 g/mol. The van der Waals surface area contributed by atoms with E-state index in [2.05, 4.69) is 15.4 Å². The third kappa shape index (κ3) is 4.37. The molecule has 2 aromatic heterocycles. The van der Waals surface area contributed by atoms with Crippen molar-refractivity contribution in [1.29, 1.82) is 0 Å². The van der Waals surface area contributed by atoms with Gasteiger partial charge in [-0.25, -0.2) is 9.67 Å². The molecule has 170 valence electrons. The lowest BCUT2D eigenvalue weighted by Crippen LogP contribution is -2.28. The fourth-order valence-electron chi connectivity index (χ4n) is 3.35. The Labute approximate surface area is 198 Å². The standard InChI is InChI=1S/C22H19Cl2N5O4/c1-12-4-5-13(23)6-17(12)29-21-14(9-26-29)22(31)28(11-25-21)10-20(30)27-16-7-15(24)18(32-2)8-19(16)33-3/h4-9,11H,10H2,1-3H3,(H,27,30). The van der Waals surface area contributed by atoms with Gasteiger partial charge in [-0.2, -0.15) is 5.10 Å². The van der Waals surface area contributed by atoms with Crippen molar-refractivity contribution in [3.63, 3.8) is 0 Å². The molecule has 0 saturated heterocycles. The van der Waals surface area contributed by atoms with Crippen molar-refractivity contribution >= 4 is 45.8 Å². The van der Waals surface area contributed by atoms with Gasteiger partial charge in [0.1, 0.15) is 29.8 Å². The summed E-state index contributed by atoms with van der Waals surface area (Å²) in [4.78, 5) is 30.0. The van der Waals surface area contributed by atoms with E-state index in [-0.39, 0.29) is 11.9 Å². The molecule has 4 aromatic rings. The molecule has 0 radical (unpaired) electrons. The summed E-state index contributed by atoms with van der Waals surface area (Å²) in [6.45, 7) is 1.64. The SMILES string of the molecule is COc1cc(OC)c(NC(=O)Cn2cnc3c(cnn3-c3cc(Cl)ccc3C)c2=O)cc1Cl. The van der Waals surface area contributed by atoms with E-state index in [1.807, 2.05) is 13.0 Å². The van der Waals surface area contributed by atoms with E-state index in [0.29, 0.717) is 38.6 Å². The second-order valence-electron chi connectivity index (χ2n) is 7.14. The first-order valence-electron chi connectivity index (χ1n) is 9.73. The summed E-state index contributed by atoms with van der Waals surface area (Å²) < 4.78 is 13.2. The van der Waals surface area contributed by atoms with E-state index in [1.54, 1.807) is 22.9 Å². The Morgan fingerprint density at radius 1 is 1.12 bits per heavy atom. The number of ether oxygens (including phenoxy) is 2. The molecule has 0 aliphatic carbocycles. The number of aromatic nitrogens is 4. The number of methoxy groups -OCH3 is 2. The van der Waals surface area contributed by atoms with Gasteiger partial charge in [0.2, 0.25) is 5.91 Å². The van der Waals surface area contributed by atoms with E-state index < -0.39 is 11.5 Å². The molecule has 1 amide bonds. The van der Waals surface area contributed by atoms with Crippen LogP contribution >= 0.6 is 23.2 Å². The van der Waals surface area contributed by atoms with Crippen molar-refractivity contribution in [2.24, 2.45) is 0 Å². The van der Waals surface area contributed by atoms with Crippen LogP contribution in [0.25, 0.3) is 16.7 Å². The van der Waals surface area contributed by atoms with Crippen molar-refractivity contribution in [3.05, 3.63) is 68.8 Å². The Balaban J connectivity index is 1.62. The van der Waals surface area contributed by atoms with Crippen LogP contribution in [0.15, 0.2) is 47.7 Å². The van der Waals surface area contributed by atoms with E-state index in [9.17, 15) is 9.59 Å². The van der Waals surface area contributed by atoms with Crippen LogP contribution in [0.5, 0.6) is 11.5 Å². The maximum atomic E-state index is 13.0. The Morgan fingerprint density at radius 2 is 1.88 bits per heavy atom. The van der Waals surface area contributed by atoms with Crippen LogP contribution in [0.1, 0.15) is 5.56 Å². The minimum Gasteiger partial charge on any atom is -0.495 e. The molecule has 0 spiro atoms. The number of benzene rings is 2. The third-order valence-corrected chi connectivity index (χ3v) is 5.55. The van der Waals surface area contributed by atoms with Gasteiger partial charge in [-0.05, 0) is 30.7 Å². The highest BCUT2D eigenvalue weighted by molar-refractivity contribution is 6.32. The zero-order valence-corrected chi connectivity index (χ0v) is 19.4. The van der Waals surface area contributed by atoms with Gasteiger partial charge >= 0.3 is 0 Å². The minimum atomic E-state index is -0.462. The lowest BCUT2D eigenvalue weighted by molar-refractivity contribution is -0.116. The highest BCUT2D eigenvalue weighted by Crippen LogP contribution is 2.35. The van der Waals surface area contributed by atoms with Gasteiger partial charge in [0, 0.05) is 11.1 Å². The molecule has 11 heteroatoms. The van der Waals surface area contributed by atoms with Gasteiger partial charge in [-0.1, -0.05) is 29.3 Å². The molecule has 0 unspecified atom stereocenters. The van der Waals surface area contributed by atoms with E-state index in [4.69, 9.17) is 32.7 Å². The maximum absolute atomic E-state index is 13.0. The Bertz CT molecular complexity index is 1430. The molecule has 0 bridgehead atoms. The molecule has 0 aliphatic rings. The van der Waals surface area contributed by atoms with Crippen LogP contribution in [0.2, 0.25) is 10.0 Å². The molecule has 0 atom stereocenters. The van der Waals surface area contributed by atoms with Crippen molar-refractivity contribution < 1.29 is 14.3 Å². The average Bonchev–Trinajstić information content (AvgIpc) is 3.22. The zero-order chi connectivity index (χ0) is 23.7. The second-order valence-corrected chi connectivity index (χ2v) is 7.98. The van der Waals surface area contributed by atoms with Gasteiger partial charge in [0.15, 0.2) is 5.65 Å². The first kappa shape index (κ1) is 22.6. The van der Waals surface area contributed by atoms with Gasteiger partial charge in [-0.15, -0.1) is 0 Å². The van der Waals surface area contributed by atoms with Gasteiger partial charge in [-0.3, -0.25) is 14.2 Å². The number of nitrogens with zero attached hydrogens (tertiary/aromatic N) is 4. The third-order valence-electron chi connectivity index (χ3n) is 5.02. The number of carbonyl (C=O) groups excluding carboxylic acids is 1. The van der Waals surface area contributed by atoms with Gasteiger partial charge in [0.05, 0.1) is 36.8 Å². The number of hydrogen-bond acceptors (Lipinski definition) is 6. The van der Waals surface area contributed by atoms with Crippen molar-refractivity contribution in [2.75, 3.05) is 19.5 Å². The molecule has 0 aliphatic heterocycles. The Morgan fingerprint density at radius 3 is 2.61 bits per heavy atom. The predicted molar refractivity (Wildman–Crippen MR) is 126 cm³/mol. The molecular weight excluding hydrogens is 469 g/mol. The van der Waals surface area contributed by atoms with Crippen LogP contribution in [-0.2, 0) is 11.3 Å². The number of hydrogen-bond donors (Lipinski definition) is 1. The monoisotopic (exact) mass is 487 g/mol. The summed E-state index contributed by atoms with van der Waals surface area (Å²) in [5.74, 6) is 0.309. The number of rotatable bonds is 6. The van der Waals surface area contributed by atoms with Gasteiger partial charge < -0.3 is 14.8 Å². The summed E-state index contributed by atoms with van der Waals surface area (Å²) >= 11 is 12.3. The number of fused-ring (bicyclic) bond motifs is 1. The smallest absolute Gasteiger partial charge is 0.264 e. The summed E-state index contributed by atoms with van der Waals surface area (Å²) in [5.41, 5.74) is 1.94. The first-order chi connectivity index (χ1) is 15.8. The molecule has 0 saturated carbocycles. The van der Waals surface area contributed by atoms with Crippen LogP contribution < -0.4 is 20.3 Å². The first-order valence-corrected chi connectivity index (χ1v) is 10.5. The van der Waals surface area contributed by atoms with Crippen LogP contribution in [0, 0.1) is 6.92 Å². The Kier molecular flexibility index (Phi) is 6.26. The number of aryl methyl sites for hydroxylation is 1. The molecule has 33 heavy (non-hydrogen) atoms. The molecule has 1 N–H and O–H groups in total. The highest BCUT2D eigenvalue weighted by atomic mass is 35.5. The normalized spacial score (nSPS) is 10.9. The number of carbonyl (C=O) groups is 1. The van der Waals surface area contributed by atoms with Crippen molar-refractivity contribution in [1.82, 2.24) is 19.3 Å². The highest BCUT2D eigenvalue weighted by Gasteiger charge is 2.16. The van der Waals surface area contributed by atoms with Crippen molar-refractivity contribution in [3.8, 4) is 17.2 Å². The number of anilines is 1. The quantitative estimate of drug-likeness (QED) is 0.443. The second kappa shape index (κ2) is 9.13. The van der Waals surface area contributed by atoms with Crippen LogP contribution in [-0.4, -0.2) is 39.5 Å². The topological polar surface area (TPSA) is 100 Å². The van der Waals surface area contributed by atoms with E-state index >= 15 is 0 Å². The predicted octanol–water partition coefficient (Wildman–Crippen LogP) is 3.85. The van der Waals surface area contributed by atoms with E-state index in [0.717, 1.165) is 5.56 Å². The minimum absolute atomic E-state index is 0.268. The van der Waals surface area contributed by atoms with E-state index in [1.165, 1.54) is 37.4 Å². The fourth-order valence-corrected chi connectivity index (χ4v) is 3.76. The van der Waals surface area contributed by atoms with Crippen LogP contribution in [0.3, 0.4) is 0 Å². The molecular formula is C22H19Cl2N5O4. The Hall–Kier alpha value is -3.56. The molecule has 4 rings (SSSR count). The van der Waals surface area contributed by atoms with Crippen molar-refractivity contribution in [2.45, 2.75) is 13.5 Å². The summed E-state index contributed by atoms with van der Waals surface area (Å²) in [6.07, 6.45) is 2.73. The molecule has 9 nitrogen and oxygen atoms in total. The number of amides is 1. The number of halogens is 2. The lowest BCUT2D eigenvalue weighted by Gasteiger charge is -2.13. The molecule has 0 fully saturated rings. The maximum Gasteiger partial charge on any atom is 0.264 e. The lowest BCUT2D eigenvalue weighted by atomic mass is 10.2. The molecule has 2 heterocycles. The summed E-state index contributed by atoms with van der Waals surface area (Å²) in [5, 5.41) is 8.12. The zero-order valence-electron chi connectivity index (χ0n) is 17.9. The summed E-state index contributed by atoms with van der Waals surface area (Å²) in [7, 11) is 2.93. The largest absolute Gasteiger partial charge is 0.495 e. The van der Waals surface area contributed by atoms with Gasteiger partial charge in [0.25, 0.3) is 5.56 Å². The fraction of sp³-hybridized carbons (Fsp3) is 0.182. The molecule has 2 aromatic carbocycles. The van der Waals surface area contributed by atoms with Crippen LogP contribution in [0.4, 0.5) is 5.69 Å².